The molecule has 0 aromatic heterocycles. The van der Waals surface area contributed by atoms with Crippen molar-refractivity contribution >= 4 is 34.4 Å². The molecule has 1 N–H and O–H groups in total. The van der Waals surface area contributed by atoms with Crippen LogP contribution in [0, 0.1) is 0 Å². The molecule has 2 rings (SSSR count). The summed E-state index contributed by atoms with van der Waals surface area (Å²) in [6, 6.07) is 5.13. The Morgan fingerprint density at radius 1 is 1.32 bits per heavy atom. The minimum Gasteiger partial charge on any atom is -0.497 e. The van der Waals surface area contributed by atoms with Crippen molar-refractivity contribution in [1.82, 2.24) is 4.90 Å². The highest BCUT2D eigenvalue weighted by Gasteiger charge is 2.38. The lowest BCUT2D eigenvalue weighted by Gasteiger charge is -2.14. The molecule has 1 heterocycles. The molecule has 0 spiro atoms. The van der Waals surface area contributed by atoms with E-state index in [2.05, 4.69) is 10.3 Å². The molecule has 1 aliphatic rings. The number of methoxy groups -OCH3 is 2. The number of thioether (sulfide) groups is 1. The molecular weight excluding hydrogens is 342 g/mol. The third-order valence-corrected chi connectivity index (χ3v) is 4.90. The van der Waals surface area contributed by atoms with Gasteiger partial charge in [0.25, 0.3) is 0 Å². The van der Waals surface area contributed by atoms with Crippen LogP contribution in [-0.4, -0.2) is 54.4 Å². The van der Waals surface area contributed by atoms with Gasteiger partial charge < -0.3 is 14.8 Å². The van der Waals surface area contributed by atoms with Crippen molar-refractivity contribution in [1.29, 1.82) is 0 Å². The first kappa shape index (κ1) is 19.1. The Hall–Kier alpha value is -2.22. The van der Waals surface area contributed by atoms with Gasteiger partial charge in [0.2, 0.25) is 11.8 Å². The molecule has 0 radical (unpaired) electrons. The zero-order valence-electron chi connectivity index (χ0n) is 14.9. The summed E-state index contributed by atoms with van der Waals surface area (Å²) in [5, 5.41) is 3.04. The van der Waals surface area contributed by atoms with Gasteiger partial charge in [0, 0.05) is 25.6 Å². The van der Waals surface area contributed by atoms with Gasteiger partial charge in [-0.05, 0) is 26.0 Å². The van der Waals surface area contributed by atoms with E-state index in [0.717, 1.165) is 0 Å². The molecule has 1 fully saturated rings. The van der Waals surface area contributed by atoms with E-state index in [9.17, 15) is 9.59 Å². The zero-order valence-corrected chi connectivity index (χ0v) is 15.7. The van der Waals surface area contributed by atoms with Crippen molar-refractivity contribution in [3.63, 3.8) is 0 Å². The summed E-state index contributed by atoms with van der Waals surface area (Å²) in [7, 11) is 3.08. The second kappa shape index (κ2) is 8.75. The first-order chi connectivity index (χ1) is 12.0. The third-order valence-electron chi connectivity index (χ3n) is 3.68. The third kappa shape index (κ3) is 4.45. The average molecular weight is 365 g/mol. The molecule has 1 aromatic rings. The van der Waals surface area contributed by atoms with Gasteiger partial charge >= 0.3 is 0 Å². The van der Waals surface area contributed by atoms with E-state index in [1.54, 1.807) is 30.2 Å². The monoisotopic (exact) mass is 365 g/mol. The lowest BCUT2D eigenvalue weighted by Crippen LogP contribution is -2.33. The van der Waals surface area contributed by atoms with Crippen LogP contribution in [0.4, 0.5) is 5.69 Å². The molecule has 2 amide bonds. The number of anilines is 1. The molecular formula is C17H23N3O4S. The second-order valence-corrected chi connectivity index (χ2v) is 6.43. The van der Waals surface area contributed by atoms with Crippen molar-refractivity contribution in [2.75, 3.05) is 32.6 Å². The molecule has 1 aliphatic heterocycles. The predicted octanol–water partition coefficient (Wildman–Crippen LogP) is 2.37. The van der Waals surface area contributed by atoms with E-state index >= 15 is 0 Å². The van der Waals surface area contributed by atoms with Crippen LogP contribution >= 0.6 is 11.8 Å². The van der Waals surface area contributed by atoms with E-state index in [1.807, 2.05) is 13.8 Å². The van der Waals surface area contributed by atoms with Crippen molar-refractivity contribution in [2.45, 2.75) is 25.5 Å². The van der Waals surface area contributed by atoms with Gasteiger partial charge in [-0.1, -0.05) is 11.8 Å². The summed E-state index contributed by atoms with van der Waals surface area (Å²) >= 11 is 1.35. The van der Waals surface area contributed by atoms with Gasteiger partial charge in [0.1, 0.15) is 16.7 Å². The van der Waals surface area contributed by atoms with Crippen molar-refractivity contribution in [2.24, 2.45) is 4.99 Å². The largest absolute Gasteiger partial charge is 0.497 e. The van der Waals surface area contributed by atoms with Crippen LogP contribution in [0.1, 0.15) is 20.3 Å². The van der Waals surface area contributed by atoms with Crippen molar-refractivity contribution in [3.05, 3.63) is 18.2 Å². The van der Waals surface area contributed by atoms with Gasteiger partial charge in [-0.3, -0.25) is 19.5 Å². The Labute approximate surface area is 151 Å². The van der Waals surface area contributed by atoms with Crippen LogP contribution in [-0.2, 0) is 9.59 Å². The molecule has 0 aliphatic carbocycles. The van der Waals surface area contributed by atoms with Crippen LogP contribution < -0.4 is 14.8 Å². The lowest BCUT2D eigenvalue weighted by atomic mass is 10.2. The van der Waals surface area contributed by atoms with Crippen LogP contribution in [0.2, 0.25) is 0 Å². The minimum absolute atomic E-state index is 0.0726. The van der Waals surface area contributed by atoms with Gasteiger partial charge in [0.05, 0.1) is 19.9 Å². The van der Waals surface area contributed by atoms with Gasteiger partial charge in [-0.2, -0.15) is 0 Å². The normalized spacial score (nSPS) is 18.6. The molecule has 0 bridgehead atoms. The number of nitrogens with one attached hydrogen (secondary N) is 1. The highest BCUT2D eigenvalue weighted by Crippen LogP contribution is 2.32. The number of nitrogens with zero attached hydrogens (tertiary/aromatic N) is 2. The quantitative estimate of drug-likeness (QED) is 0.802. The average Bonchev–Trinajstić information content (AvgIpc) is 2.90. The molecule has 1 atom stereocenters. The Morgan fingerprint density at radius 3 is 2.68 bits per heavy atom. The van der Waals surface area contributed by atoms with Gasteiger partial charge in [-0.25, -0.2) is 0 Å². The van der Waals surface area contributed by atoms with E-state index < -0.39 is 5.25 Å². The van der Waals surface area contributed by atoms with Crippen LogP contribution in [0.25, 0.3) is 0 Å². The summed E-state index contributed by atoms with van der Waals surface area (Å²) < 4.78 is 10.4. The maximum Gasteiger partial charge on any atom is 0.242 e. The first-order valence-electron chi connectivity index (χ1n) is 8.08. The van der Waals surface area contributed by atoms with E-state index in [4.69, 9.17) is 9.47 Å². The Kier molecular flexibility index (Phi) is 6.69. The summed E-state index contributed by atoms with van der Waals surface area (Å²) in [6.45, 7) is 4.97. The van der Waals surface area contributed by atoms with Crippen LogP contribution in [0.3, 0.4) is 0 Å². The minimum atomic E-state index is -0.450. The number of rotatable bonds is 7. The standard InChI is InChI=1S/C17H23N3O4S/c1-5-18-17-20(6-2)16(22)14(25-17)10-15(21)19-12-8-7-11(23-3)9-13(12)24-4/h7-9,14H,5-6,10H2,1-4H3,(H,19,21). The van der Waals surface area contributed by atoms with Crippen molar-refractivity contribution < 1.29 is 19.1 Å². The fourth-order valence-electron chi connectivity index (χ4n) is 2.46. The first-order valence-corrected chi connectivity index (χ1v) is 8.96. The zero-order chi connectivity index (χ0) is 18.4. The molecule has 7 nitrogen and oxygen atoms in total. The number of hydrogen-bond donors (Lipinski definition) is 1. The molecule has 136 valence electrons. The molecule has 1 unspecified atom stereocenters. The van der Waals surface area contributed by atoms with E-state index in [0.29, 0.717) is 35.4 Å². The predicted molar refractivity (Wildman–Crippen MR) is 99.5 cm³/mol. The number of carbonyl (C=O) groups is 2. The van der Waals surface area contributed by atoms with Gasteiger partial charge in [0.15, 0.2) is 5.17 Å². The highest BCUT2D eigenvalue weighted by molar-refractivity contribution is 8.15. The summed E-state index contributed by atoms with van der Waals surface area (Å²) in [4.78, 5) is 30.8. The molecule has 0 saturated carbocycles. The molecule has 25 heavy (non-hydrogen) atoms. The summed E-state index contributed by atoms with van der Waals surface area (Å²) in [5.74, 6) is 0.816. The Balaban J connectivity index is 2.06. The molecule has 1 aromatic carbocycles. The van der Waals surface area contributed by atoms with E-state index in [1.165, 1.54) is 18.9 Å². The number of amidine groups is 1. The number of ether oxygens (including phenoxy) is 2. The molecule has 1 saturated heterocycles. The fraction of sp³-hybridized carbons (Fsp3) is 0.471. The Bertz CT molecular complexity index is 678. The smallest absolute Gasteiger partial charge is 0.242 e. The van der Waals surface area contributed by atoms with Crippen LogP contribution in [0.15, 0.2) is 23.2 Å². The maximum atomic E-state index is 12.4. The van der Waals surface area contributed by atoms with E-state index in [-0.39, 0.29) is 18.2 Å². The van der Waals surface area contributed by atoms with Crippen molar-refractivity contribution in [3.8, 4) is 11.5 Å². The number of amides is 2. The maximum absolute atomic E-state index is 12.4. The Morgan fingerprint density at radius 2 is 2.08 bits per heavy atom. The topological polar surface area (TPSA) is 80.2 Å². The fourth-order valence-corrected chi connectivity index (χ4v) is 3.73. The van der Waals surface area contributed by atoms with Crippen LogP contribution in [0.5, 0.6) is 11.5 Å². The lowest BCUT2D eigenvalue weighted by molar-refractivity contribution is -0.128. The number of aliphatic imine (C=N–C) groups is 1. The number of carbonyl (C=O) groups excluding carboxylic acids is 2. The summed E-state index contributed by atoms with van der Waals surface area (Å²) in [5.41, 5.74) is 0.540. The SMILES string of the molecule is CCN=C1SC(CC(=O)Nc2ccc(OC)cc2OC)C(=O)N1CC. The number of benzene rings is 1. The highest BCUT2D eigenvalue weighted by atomic mass is 32.2. The molecule has 8 heteroatoms. The number of hydrogen-bond acceptors (Lipinski definition) is 6. The van der Waals surface area contributed by atoms with Gasteiger partial charge in [-0.15, -0.1) is 0 Å². The second-order valence-electron chi connectivity index (χ2n) is 5.26. The summed E-state index contributed by atoms with van der Waals surface area (Å²) in [6.07, 6.45) is 0.0813.